The fourth-order valence-electron chi connectivity index (χ4n) is 3.14. The van der Waals surface area contributed by atoms with E-state index in [4.69, 9.17) is 0 Å². The zero-order chi connectivity index (χ0) is 14.8. The molecule has 2 rings (SSSR count). The zero-order valence-electron chi connectivity index (χ0n) is 13.4. The van der Waals surface area contributed by atoms with Crippen molar-refractivity contribution >= 4 is 30.9 Å². The second kappa shape index (κ2) is 5.90. The Labute approximate surface area is 127 Å². The number of hydrogen-bond donors (Lipinski definition) is 0. The molecule has 0 saturated carbocycles. The molecule has 0 saturated heterocycles. The average molecular weight is 343 g/mol. The molecule has 0 amide bonds. The van der Waals surface area contributed by atoms with Crippen LogP contribution in [0.2, 0.25) is 29.0 Å². The third-order valence-corrected chi connectivity index (χ3v) is 25.8. The second-order valence-corrected chi connectivity index (χ2v) is 23.2. The van der Waals surface area contributed by atoms with Crippen LogP contribution >= 0.6 is 0 Å². The first-order chi connectivity index (χ1) is 9.37. The van der Waals surface area contributed by atoms with Gasteiger partial charge >= 0.3 is 127 Å². The third kappa shape index (κ3) is 2.94. The Balaban J connectivity index is 2.37. The maximum atomic E-state index is 2.58. The standard InChI is InChI=1S/C18H26GeSi/c1-16(19(2,3)17-12-8-6-9-13-17)20(4,5)18-14-10-7-11-15-18/h6-16H,1-5H3. The summed E-state index contributed by atoms with van der Waals surface area (Å²) >= 11 is -2.01. The van der Waals surface area contributed by atoms with Gasteiger partial charge in [-0.2, -0.15) is 0 Å². The van der Waals surface area contributed by atoms with Crippen molar-refractivity contribution in [2.24, 2.45) is 0 Å². The molecule has 0 bridgehead atoms. The van der Waals surface area contributed by atoms with Gasteiger partial charge in [0.15, 0.2) is 0 Å². The molecule has 0 radical (unpaired) electrons. The fourth-order valence-corrected chi connectivity index (χ4v) is 23.0. The summed E-state index contributed by atoms with van der Waals surface area (Å²) in [5.41, 5.74) is 0. The van der Waals surface area contributed by atoms with Crippen molar-refractivity contribution in [2.45, 2.75) is 35.9 Å². The SMILES string of the molecule is C[CH]([Si](C)(C)c1ccccc1)[Ge]([CH3])([CH3])[c]1ccccc1. The van der Waals surface area contributed by atoms with E-state index < -0.39 is 21.3 Å². The monoisotopic (exact) mass is 344 g/mol. The summed E-state index contributed by atoms with van der Waals surface area (Å²) < 4.78 is 2.49. The normalized spacial score (nSPS) is 14.1. The molecule has 0 aromatic heterocycles. The van der Waals surface area contributed by atoms with Crippen LogP contribution in [0.15, 0.2) is 60.7 Å². The molecular weight excluding hydrogens is 317 g/mol. The summed E-state index contributed by atoms with van der Waals surface area (Å²) in [5, 5.41) is 1.60. The minimum absolute atomic E-state index is 0.854. The van der Waals surface area contributed by atoms with E-state index in [1.54, 1.807) is 9.58 Å². The molecule has 0 spiro atoms. The van der Waals surface area contributed by atoms with Crippen LogP contribution in [0.5, 0.6) is 0 Å². The first kappa shape index (κ1) is 15.6. The van der Waals surface area contributed by atoms with Crippen molar-refractivity contribution in [1.82, 2.24) is 0 Å². The van der Waals surface area contributed by atoms with Crippen LogP contribution in [-0.4, -0.2) is 21.3 Å². The van der Waals surface area contributed by atoms with Crippen molar-refractivity contribution in [3.8, 4) is 0 Å². The molecule has 2 heteroatoms. The molecule has 0 heterocycles. The molecule has 0 aliphatic heterocycles. The van der Waals surface area contributed by atoms with Crippen LogP contribution in [0.4, 0.5) is 0 Å². The van der Waals surface area contributed by atoms with Gasteiger partial charge in [-0.1, -0.05) is 0 Å². The molecule has 1 atom stereocenters. The predicted octanol–water partition coefficient (Wildman–Crippen LogP) is 4.15. The molecule has 0 aliphatic rings. The van der Waals surface area contributed by atoms with Gasteiger partial charge in [0.1, 0.15) is 0 Å². The van der Waals surface area contributed by atoms with Crippen molar-refractivity contribution in [3.63, 3.8) is 0 Å². The fraction of sp³-hybridized carbons (Fsp3) is 0.333. The molecular formula is C18H26GeSi. The predicted molar refractivity (Wildman–Crippen MR) is 96.5 cm³/mol. The summed E-state index contributed by atoms with van der Waals surface area (Å²) in [6.45, 7) is 7.61. The Hall–Kier alpha value is -0.800. The van der Waals surface area contributed by atoms with Crippen LogP contribution in [0, 0.1) is 0 Å². The first-order valence-electron chi connectivity index (χ1n) is 7.48. The summed E-state index contributed by atoms with van der Waals surface area (Å²) in [6.07, 6.45) is 0. The van der Waals surface area contributed by atoms with Crippen molar-refractivity contribution in [2.75, 3.05) is 0 Å². The number of rotatable bonds is 4. The van der Waals surface area contributed by atoms with Crippen LogP contribution in [-0.2, 0) is 0 Å². The van der Waals surface area contributed by atoms with Crippen LogP contribution in [0.25, 0.3) is 0 Å². The van der Waals surface area contributed by atoms with Gasteiger partial charge in [-0.15, -0.1) is 0 Å². The summed E-state index contributed by atoms with van der Waals surface area (Å²) in [5.74, 6) is 5.16. The minimum atomic E-state index is -2.01. The van der Waals surface area contributed by atoms with Gasteiger partial charge in [0.05, 0.1) is 0 Å². The van der Waals surface area contributed by atoms with Gasteiger partial charge in [-0.25, -0.2) is 0 Å². The zero-order valence-corrected chi connectivity index (χ0v) is 16.4. The Kier molecular flexibility index (Phi) is 4.60. The Morgan fingerprint density at radius 1 is 0.800 bits per heavy atom. The van der Waals surface area contributed by atoms with E-state index in [1.165, 1.54) is 0 Å². The van der Waals surface area contributed by atoms with Crippen LogP contribution in [0.1, 0.15) is 6.92 Å². The van der Waals surface area contributed by atoms with Gasteiger partial charge in [0.2, 0.25) is 0 Å². The molecule has 2 aromatic carbocycles. The molecule has 1 unspecified atom stereocenters. The molecule has 0 fully saturated rings. The molecule has 0 nitrogen and oxygen atoms in total. The summed E-state index contributed by atoms with van der Waals surface area (Å²) in [7, 11) is -1.42. The summed E-state index contributed by atoms with van der Waals surface area (Å²) in [4.78, 5) is 0. The molecule has 106 valence electrons. The van der Waals surface area contributed by atoms with E-state index in [2.05, 4.69) is 92.2 Å². The molecule has 0 aliphatic carbocycles. The molecule has 2 aromatic rings. The molecule has 0 N–H and O–H groups in total. The summed E-state index contributed by atoms with van der Waals surface area (Å²) in [6, 6.07) is 22.4. The third-order valence-electron chi connectivity index (χ3n) is 5.20. The van der Waals surface area contributed by atoms with Crippen LogP contribution in [0.3, 0.4) is 0 Å². The van der Waals surface area contributed by atoms with Gasteiger partial charge in [-0.05, 0) is 0 Å². The van der Waals surface area contributed by atoms with Crippen molar-refractivity contribution in [3.05, 3.63) is 60.7 Å². The van der Waals surface area contributed by atoms with Crippen molar-refractivity contribution < 1.29 is 0 Å². The van der Waals surface area contributed by atoms with E-state index >= 15 is 0 Å². The quantitative estimate of drug-likeness (QED) is 0.732. The van der Waals surface area contributed by atoms with Crippen LogP contribution < -0.4 is 9.58 Å². The van der Waals surface area contributed by atoms with E-state index in [1.807, 2.05) is 0 Å². The topological polar surface area (TPSA) is 0 Å². The first-order valence-corrected chi connectivity index (χ1v) is 17.0. The van der Waals surface area contributed by atoms with E-state index in [0.29, 0.717) is 0 Å². The number of hydrogen-bond acceptors (Lipinski definition) is 0. The van der Waals surface area contributed by atoms with Crippen molar-refractivity contribution in [1.29, 1.82) is 0 Å². The van der Waals surface area contributed by atoms with E-state index in [-0.39, 0.29) is 0 Å². The molecule has 20 heavy (non-hydrogen) atoms. The Morgan fingerprint density at radius 2 is 1.25 bits per heavy atom. The Bertz CT molecular complexity index is 495. The van der Waals surface area contributed by atoms with Gasteiger partial charge in [-0.3, -0.25) is 0 Å². The maximum absolute atomic E-state index is 2.58. The Morgan fingerprint density at radius 3 is 1.75 bits per heavy atom. The average Bonchev–Trinajstić information content (AvgIpc) is 2.48. The van der Waals surface area contributed by atoms with E-state index in [9.17, 15) is 0 Å². The number of benzene rings is 2. The second-order valence-electron chi connectivity index (χ2n) is 6.90. The van der Waals surface area contributed by atoms with Gasteiger partial charge in [0, 0.05) is 0 Å². The van der Waals surface area contributed by atoms with Gasteiger partial charge < -0.3 is 0 Å². The van der Waals surface area contributed by atoms with Gasteiger partial charge in [0.25, 0.3) is 0 Å². The van der Waals surface area contributed by atoms with E-state index in [0.717, 1.165) is 4.37 Å².